The maximum Gasteiger partial charge on any atom is 0.311 e. The molecule has 2 N–H and O–H groups in total. The van der Waals surface area contributed by atoms with E-state index in [-0.39, 0.29) is 17.9 Å². The summed E-state index contributed by atoms with van der Waals surface area (Å²) in [6, 6.07) is 3.39. The van der Waals surface area contributed by atoms with Crippen LogP contribution in [0.1, 0.15) is 13.8 Å². The first-order valence-corrected chi connectivity index (χ1v) is 7.84. The van der Waals surface area contributed by atoms with Crippen LogP contribution in [0.25, 0.3) is 10.9 Å². The maximum absolute atomic E-state index is 13.8. The highest BCUT2D eigenvalue weighted by molar-refractivity contribution is 6.31. The number of hydrogen-bond acceptors (Lipinski definition) is 5. The van der Waals surface area contributed by atoms with E-state index >= 15 is 0 Å². The SMILES string of the molecule is CC.O=[N+]([O-])c1cnc2ccc(Cl)cc2c1NC1CNCC1(F)F. The van der Waals surface area contributed by atoms with Crippen LogP contribution < -0.4 is 10.6 Å². The average molecular weight is 359 g/mol. The summed E-state index contributed by atoms with van der Waals surface area (Å²) in [5.41, 5.74) is 0.0788. The predicted molar refractivity (Wildman–Crippen MR) is 90.0 cm³/mol. The van der Waals surface area contributed by atoms with Crippen molar-refractivity contribution in [3.8, 4) is 0 Å². The van der Waals surface area contributed by atoms with E-state index < -0.39 is 23.4 Å². The molecule has 1 aromatic heterocycles. The number of rotatable bonds is 3. The Morgan fingerprint density at radius 3 is 2.75 bits per heavy atom. The van der Waals surface area contributed by atoms with Crippen molar-refractivity contribution in [1.29, 1.82) is 0 Å². The van der Waals surface area contributed by atoms with Gasteiger partial charge < -0.3 is 10.6 Å². The fourth-order valence-corrected chi connectivity index (χ4v) is 2.60. The van der Waals surface area contributed by atoms with Gasteiger partial charge in [0, 0.05) is 17.0 Å². The third-order valence-electron chi connectivity index (χ3n) is 3.54. The Hall–Kier alpha value is -2.06. The van der Waals surface area contributed by atoms with E-state index in [9.17, 15) is 18.9 Å². The van der Waals surface area contributed by atoms with Gasteiger partial charge in [-0.3, -0.25) is 10.1 Å². The summed E-state index contributed by atoms with van der Waals surface area (Å²) >= 11 is 5.91. The zero-order chi connectivity index (χ0) is 17.9. The molecule has 1 aromatic carbocycles. The van der Waals surface area contributed by atoms with Crippen molar-refractivity contribution < 1.29 is 13.7 Å². The molecular weight excluding hydrogens is 342 g/mol. The van der Waals surface area contributed by atoms with Gasteiger partial charge in [-0.25, -0.2) is 13.8 Å². The fraction of sp³-hybridized carbons (Fsp3) is 0.400. The van der Waals surface area contributed by atoms with Crippen LogP contribution in [0.15, 0.2) is 24.4 Å². The number of nitrogens with one attached hydrogen (secondary N) is 2. The van der Waals surface area contributed by atoms with Crippen LogP contribution in [-0.2, 0) is 0 Å². The molecule has 0 bridgehead atoms. The monoisotopic (exact) mass is 358 g/mol. The Bertz CT molecular complexity index is 758. The van der Waals surface area contributed by atoms with Crippen molar-refractivity contribution in [3.63, 3.8) is 0 Å². The summed E-state index contributed by atoms with van der Waals surface area (Å²) in [5, 5.41) is 17.0. The van der Waals surface area contributed by atoms with E-state index in [1.807, 2.05) is 13.8 Å². The third-order valence-corrected chi connectivity index (χ3v) is 3.78. The maximum atomic E-state index is 13.8. The Morgan fingerprint density at radius 1 is 1.46 bits per heavy atom. The molecule has 0 aliphatic carbocycles. The number of anilines is 1. The lowest BCUT2D eigenvalue weighted by molar-refractivity contribution is -0.384. The number of aromatic nitrogens is 1. The van der Waals surface area contributed by atoms with Gasteiger partial charge >= 0.3 is 5.69 Å². The number of nitrogens with zero attached hydrogens (tertiary/aromatic N) is 2. The van der Waals surface area contributed by atoms with Crippen LogP contribution in [0.5, 0.6) is 0 Å². The summed E-state index contributed by atoms with van der Waals surface area (Å²) in [7, 11) is 0. The van der Waals surface area contributed by atoms with Gasteiger partial charge in [0.1, 0.15) is 17.9 Å². The molecule has 9 heteroatoms. The quantitative estimate of drug-likeness (QED) is 0.643. The van der Waals surface area contributed by atoms with Gasteiger partial charge in [0.15, 0.2) is 0 Å². The standard InChI is InChI=1S/C13H11ClF2N4O2.C2H6/c14-7-1-2-9-8(3-7)12(10(4-18-9)20(21)22)19-11-5-17-6-13(11,15)16;1-2/h1-4,11,17H,5-6H2,(H,18,19);1-2H3. The highest BCUT2D eigenvalue weighted by Gasteiger charge is 2.44. The summed E-state index contributed by atoms with van der Waals surface area (Å²) < 4.78 is 27.5. The van der Waals surface area contributed by atoms with E-state index in [0.717, 1.165) is 6.20 Å². The molecule has 1 aliphatic rings. The van der Waals surface area contributed by atoms with Gasteiger partial charge in [-0.15, -0.1) is 0 Å². The van der Waals surface area contributed by atoms with E-state index in [0.29, 0.717) is 15.9 Å². The van der Waals surface area contributed by atoms with Crippen molar-refractivity contribution in [2.45, 2.75) is 25.8 Å². The minimum atomic E-state index is -3.00. The Labute approximate surface area is 142 Å². The molecule has 2 aromatic rings. The van der Waals surface area contributed by atoms with Crippen molar-refractivity contribution >= 4 is 33.9 Å². The second kappa shape index (κ2) is 7.23. The number of nitro groups is 1. The van der Waals surface area contributed by atoms with Gasteiger partial charge in [0.05, 0.1) is 17.0 Å². The van der Waals surface area contributed by atoms with Gasteiger partial charge in [0.2, 0.25) is 0 Å². The molecule has 1 aliphatic heterocycles. The highest BCUT2D eigenvalue weighted by atomic mass is 35.5. The van der Waals surface area contributed by atoms with Crippen molar-refractivity contribution in [3.05, 3.63) is 39.5 Å². The lowest BCUT2D eigenvalue weighted by Crippen LogP contribution is -2.38. The molecular formula is C15H17ClF2N4O2. The molecule has 1 atom stereocenters. The van der Waals surface area contributed by atoms with Crippen LogP contribution in [0.3, 0.4) is 0 Å². The van der Waals surface area contributed by atoms with Crippen LogP contribution in [0.4, 0.5) is 20.2 Å². The second-order valence-electron chi connectivity index (χ2n) is 5.03. The minimum absolute atomic E-state index is 0.00544. The first kappa shape index (κ1) is 18.3. The predicted octanol–water partition coefficient (Wildman–Crippen LogP) is 3.84. The number of pyridine rings is 1. The summed E-state index contributed by atoms with van der Waals surface area (Å²) in [6.45, 7) is 3.54. The number of alkyl halides is 2. The minimum Gasteiger partial charge on any atom is -0.369 e. The lowest BCUT2D eigenvalue weighted by Gasteiger charge is -2.21. The molecule has 130 valence electrons. The number of halogens is 3. The Balaban J connectivity index is 0.00000100. The zero-order valence-electron chi connectivity index (χ0n) is 13.1. The molecule has 3 rings (SSSR count). The number of benzene rings is 1. The first-order valence-electron chi connectivity index (χ1n) is 7.46. The summed E-state index contributed by atoms with van der Waals surface area (Å²) in [6.07, 6.45) is 1.05. The van der Waals surface area contributed by atoms with Crippen LogP contribution in [0.2, 0.25) is 5.02 Å². The fourth-order valence-electron chi connectivity index (χ4n) is 2.43. The van der Waals surface area contributed by atoms with E-state index in [2.05, 4.69) is 15.6 Å². The summed E-state index contributed by atoms with van der Waals surface area (Å²) in [5.74, 6) is -3.00. The first-order chi connectivity index (χ1) is 11.4. The van der Waals surface area contributed by atoms with Crippen LogP contribution in [0, 0.1) is 10.1 Å². The van der Waals surface area contributed by atoms with Gasteiger partial charge in [-0.2, -0.15) is 0 Å². The van der Waals surface area contributed by atoms with Crippen LogP contribution >= 0.6 is 11.6 Å². The molecule has 1 unspecified atom stereocenters. The molecule has 2 heterocycles. The molecule has 1 fully saturated rings. The molecule has 0 spiro atoms. The number of hydrogen-bond donors (Lipinski definition) is 2. The molecule has 0 saturated carbocycles. The van der Waals surface area contributed by atoms with E-state index in [4.69, 9.17) is 11.6 Å². The van der Waals surface area contributed by atoms with E-state index in [1.54, 1.807) is 12.1 Å². The largest absolute Gasteiger partial charge is 0.369 e. The topological polar surface area (TPSA) is 80.1 Å². The highest BCUT2D eigenvalue weighted by Crippen LogP contribution is 2.36. The van der Waals surface area contributed by atoms with Gasteiger partial charge in [0.25, 0.3) is 5.92 Å². The second-order valence-corrected chi connectivity index (χ2v) is 5.46. The normalized spacial score (nSPS) is 18.8. The zero-order valence-corrected chi connectivity index (χ0v) is 13.9. The molecule has 0 radical (unpaired) electrons. The van der Waals surface area contributed by atoms with Gasteiger partial charge in [-0.05, 0) is 18.2 Å². The van der Waals surface area contributed by atoms with Crippen LogP contribution in [-0.4, -0.2) is 35.0 Å². The Kier molecular flexibility index (Phi) is 5.51. The van der Waals surface area contributed by atoms with Crippen molar-refractivity contribution in [2.24, 2.45) is 0 Å². The molecule has 24 heavy (non-hydrogen) atoms. The molecule has 0 amide bonds. The number of fused-ring (bicyclic) bond motifs is 1. The molecule has 1 saturated heterocycles. The average Bonchev–Trinajstić information content (AvgIpc) is 2.88. The van der Waals surface area contributed by atoms with Gasteiger partial charge in [-0.1, -0.05) is 25.4 Å². The summed E-state index contributed by atoms with van der Waals surface area (Å²) in [4.78, 5) is 14.5. The van der Waals surface area contributed by atoms with Crippen molar-refractivity contribution in [1.82, 2.24) is 10.3 Å². The lowest BCUT2D eigenvalue weighted by atomic mass is 10.1. The smallest absolute Gasteiger partial charge is 0.311 e. The molecule has 6 nitrogen and oxygen atoms in total. The van der Waals surface area contributed by atoms with E-state index in [1.165, 1.54) is 6.07 Å². The van der Waals surface area contributed by atoms with Crippen molar-refractivity contribution in [2.75, 3.05) is 18.4 Å². The third kappa shape index (κ3) is 3.54. The Morgan fingerprint density at radius 2 is 2.17 bits per heavy atom.